The topological polar surface area (TPSA) is 77.8 Å². The van der Waals surface area contributed by atoms with Crippen LogP contribution in [0.3, 0.4) is 0 Å². The van der Waals surface area contributed by atoms with Crippen molar-refractivity contribution in [2.24, 2.45) is 0 Å². The number of hydrogen-bond donors (Lipinski definition) is 2. The number of aromatic nitrogens is 1. The number of pyridine rings is 1. The number of amides is 1. The van der Waals surface area contributed by atoms with Gasteiger partial charge in [0, 0.05) is 23.1 Å². The third kappa shape index (κ3) is 4.31. The zero-order chi connectivity index (χ0) is 19.2. The Morgan fingerprint density at radius 3 is 2.74 bits per heavy atom. The molecule has 0 aliphatic heterocycles. The summed E-state index contributed by atoms with van der Waals surface area (Å²) in [4.78, 5) is 17.0. The second-order valence-electron chi connectivity index (χ2n) is 6.16. The highest BCUT2D eigenvalue weighted by molar-refractivity contribution is 6.05. The molecule has 0 fully saturated rings. The van der Waals surface area contributed by atoms with Crippen LogP contribution in [0.4, 0.5) is 17.2 Å². The zero-order valence-electron chi connectivity index (χ0n) is 15.3. The third-order valence-electron chi connectivity index (χ3n) is 4.26. The molecule has 5 nitrogen and oxygen atoms in total. The fourth-order valence-corrected chi connectivity index (χ4v) is 2.84. The van der Waals surface area contributed by atoms with Gasteiger partial charge in [0.1, 0.15) is 5.82 Å². The summed E-state index contributed by atoms with van der Waals surface area (Å²) in [6.07, 6.45) is 2.43. The Hall–Kier alpha value is -3.65. The van der Waals surface area contributed by atoms with Gasteiger partial charge in [-0.1, -0.05) is 31.2 Å². The van der Waals surface area contributed by atoms with Crippen molar-refractivity contribution in [3.05, 3.63) is 83.0 Å². The minimum atomic E-state index is -0.185. The molecular weight excluding hydrogens is 336 g/mol. The second kappa shape index (κ2) is 8.15. The molecule has 2 aromatic carbocycles. The quantitative estimate of drug-likeness (QED) is 0.687. The lowest BCUT2D eigenvalue weighted by molar-refractivity contribution is 0.102. The van der Waals surface area contributed by atoms with Crippen molar-refractivity contribution in [2.75, 3.05) is 10.6 Å². The Balaban J connectivity index is 1.81. The minimum absolute atomic E-state index is 0.185. The van der Waals surface area contributed by atoms with Crippen LogP contribution < -0.4 is 10.6 Å². The molecule has 5 heteroatoms. The van der Waals surface area contributed by atoms with Gasteiger partial charge in [0.2, 0.25) is 0 Å². The molecule has 0 bridgehead atoms. The van der Waals surface area contributed by atoms with Gasteiger partial charge in [-0.05, 0) is 54.8 Å². The number of aryl methyl sites for hydroxylation is 2. The summed E-state index contributed by atoms with van der Waals surface area (Å²) in [6.45, 7) is 4.05. The van der Waals surface area contributed by atoms with Gasteiger partial charge < -0.3 is 10.6 Å². The number of nitrogens with zero attached hydrogens (tertiary/aromatic N) is 2. The van der Waals surface area contributed by atoms with Crippen LogP contribution in [0, 0.1) is 18.3 Å². The zero-order valence-corrected chi connectivity index (χ0v) is 15.3. The van der Waals surface area contributed by atoms with Crippen molar-refractivity contribution in [3.63, 3.8) is 0 Å². The van der Waals surface area contributed by atoms with E-state index in [2.05, 4.69) is 28.6 Å². The fourth-order valence-electron chi connectivity index (χ4n) is 2.84. The number of nitrogens with one attached hydrogen (secondary N) is 2. The highest BCUT2D eigenvalue weighted by Crippen LogP contribution is 2.22. The molecule has 27 heavy (non-hydrogen) atoms. The van der Waals surface area contributed by atoms with Crippen molar-refractivity contribution >= 4 is 23.1 Å². The summed E-state index contributed by atoms with van der Waals surface area (Å²) < 4.78 is 0. The number of nitriles is 1. The monoisotopic (exact) mass is 356 g/mol. The van der Waals surface area contributed by atoms with Gasteiger partial charge >= 0.3 is 0 Å². The van der Waals surface area contributed by atoms with Gasteiger partial charge in [-0.3, -0.25) is 4.79 Å². The molecule has 0 aliphatic rings. The first-order valence-corrected chi connectivity index (χ1v) is 8.73. The molecule has 0 unspecified atom stereocenters. The van der Waals surface area contributed by atoms with E-state index in [4.69, 9.17) is 5.26 Å². The number of rotatable bonds is 5. The number of benzene rings is 2. The average molecular weight is 356 g/mol. The van der Waals surface area contributed by atoms with Crippen LogP contribution in [0.2, 0.25) is 0 Å². The van der Waals surface area contributed by atoms with Gasteiger partial charge in [0.05, 0.1) is 11.6 Å². The van der Waals surface area contributed by atoms with Crippen LogP contribution >= 0.6 is 0 Å². The van der Waals surface area contributed by atoms with Gasteiger partial charge in [0.15, 0.2) is 0 Å². The summed E-state index contributed by atoms with van der Waals surface area (Å²) in [5.41, 5.74) is 4.80. The van der Waals surface area contributed by atoms with Gasteiger partial charge in [-0.25, -0.2) is 4.98 Å². The van der Waals surface area contributed by atoms with Crippen LogP contribution in [0.15, 0.2) is 60.8 Å². The molecule has 0 spiro atoms. The minimum Gasteiger partial charge on any atom is -0.340 e. The number of carbonyl (C=O) groups is 1. The highest BCUT2D eigenvalue weighted by atomic mass is 16.1. The number of anilines is 3. The molecule has 2 N–H and O–H groups in total. The van der Waals surface area contributed by atoms with E-state index in [0.717, 1.165) is 28.9 Å². The first-order valence-electron chi connectivity index (χ1n) is 8.73. The predicted molar refractivity (Wildman–Crippen MR) is 107 cm³/mol. The lowest BCUT2D eigenvalue weighted by Gasteiger charge is -2.13. The van der Waals surface area contributed by atoms with Crippen LogP contribution in [0.25, 0.3) is 0 Å². The van der Waals surface area contributed by atoms with Crippen LogP contribution in [0.5, 0.6) is 0 Å². The molecule has 134 valence electrons. The number of carbonyl (C=O) groups excluding carboxylic acids is 1. The van der Waals surface area contributed by atoms with Crippen LogP contribution in [0.1, 0.15) is 34.0 Å². The highest BCUT2D eigenvalue weighted by Gasteiger charge is 2.11. The third-order valence-corrected chi connectivity index (χ3v) is 4.26. The molecule has 0 saturated carbocycles. The molecule has 0 radical (unpaired) electrons. The molecule has 1 heterocycles. The normalized spacial score (nSPS) is 10.1. The smallest absolute Gasteiger partial charge is 0.255 e. The van der Waals surface area contributed by atoms with Crippen LogP contribution in [-0.4, -0.2) is 10.9 Å². The van der Waals surface area contributed by atoms with Crippen molar-refractivity contribution in [3.8, 4) is 6.07 Å². The summed E-state index contributed by atoms with van der Waals surface area (Å²) in [7, 11) is 0. The Morgan fingerprint density at radius 1 is 1.15 bits per heavy atom. The van der Waals surface area contributed by atoms with Crippen molar-refractivity contribution < 1.29 is 4.79 Å². The van der Waals surface area contributed by atoms with Crippen molar-refractivity contribution in [1.82, 2.24) is 4.98 Å². The SMILES string of the molecule is CCc1cccc(C)c1NC(=O)c1ccnc(Nc2cccc(C#N)c2)c1. The molecular formula is C22H20N4O. The standard InChI is InChI=1S/C22H20N4O/c1-3-17-8-4-6-15(2)21(17)26-22(27)18-10-11-24-20(13-18)25-19-9-5-7-16(12-19)14-23/h4-13H,3H2,1-2H3,(H,24,25)(H,26,27). The average Bonchev–Trinajstić information content (AvgIpc) is 2.69. The van der Waals surface area contributed by atoms with E-state index in [0.29, 0.717) is 16.9 Å². The summed E-state index contributed by atoms with van der Waals surface area (Å²) >= 11 is 0. The fraction of sp³-hybridized carbons (Fsp3) is 0.136. The first-order chi connectivity index (χ1) is 13.1. The lowest BCUT2D eigenvalue weighted by Crippen LogP contribution is -2.14. The second-order valence-corrected chi connectivity index (χ2v) is 6.16. The van der Waals surface area contributed by atoms with Gasteiger partial charge in [-0.15, -0.1) is 0 Å². The Kier molecular flexibility index (Phi) is 5.48. The maximum atomic E-state index is 12.7. The maximum Gasteiger partial charge on any atom is 0.255 e. The Labute approximate surface area is 158 Å². The first kappa shape index (κ1) is 18.2. The summed E-state index contributed by atoms with van der Waals surface area (Å²) in [6, 6.07) is 18.6. The number of hydrogen-bond acceptors (Lipinski definition) is 4. The van der Waals surface area contributed by atoms with E-state index in [1.165, 1.54) is 0 Å². The predicted octanol–water partition coefficient (Wildman–Crippen LogP) is 4.82. The van der Waals surface area contributed by atoms with E-state index in [9.17, 15) is 4.79 Å². The van der Waals surface area contributed by atoms with E-state index in [-0.39, 0.29) is 5.91 Å². The Bertz CT molecular complexity index is 1020. The van der Waals surface area contributed by atoms with Crippen LogP contribution in [-0.2, 0) is 6.42 Å². The van der Waals surface area contributed by atoms with Gasteiger partial charge in [0.25, 0.3) is 5.91 Å². The molecule has 0 saturated heterocycles. The summed E-state index contributed by atoms with van der Waals surface area (Å²) in [5, 5.41) is 15.2. The van der Waals surface area contributed by atoms with E-state index in [1.807, 2.05) is 31.2 Å². The lowest BCUT2D eigenvalue weighted by atomic mass is 10.1. The van der Waals surface area contributed by atoms with E-state index >= 15 is 0 Å². The Morgan fingerprint density at radius 2 is 1.96 bits per heavy atom. The van der Waals surface area contributed by atoms with Gasteiger partial charge in [-0.2, -0.15) is 5.26 Å². The molecule has 0 atom stereocenters. The largest absolute Gasteiger partial charge is 0.340 e. The van der Waals surface area contributed by atoms with E-state index < -0.39 is 0 Å². The molecule has 1 amide bonds. The molecule has 3 rings (SSSR count). The summed E-state index contributed by atoms with van der Waals surface area (Å²) in [5.74, 6) is 0.355. The molecule has 0 aliphatic carbocycles. The number of para-hydroxylation sites is 1. The van der Waals surface area contributed by atoms with Crippen molar-refractivity contribution in [2.45, 2.75) is 20.3 Å². The maximum absolute atomic E-state index is 12.7. The van der Waals surface area contributed by atoms with Crippen molar-refractivity contribution in [1.29, 1.82) is 5.26 Å². The van der Waals surface area contributed by atoms with E-state index in [1.54, 1.807) is 36.5 Å². The molecule has 3 aromatic rings. The molecule has 1 aromatic heterocycles.